The van der Waals surface area contributed by atoms with Crippen molar-refractivity contribution in [2.75, 3.05) is 6.54 Å². The molecular formula is C19H27NO4. The van der Waals surface area contributed by atoms with Crippen LogP contribution in [0.5, 0.6) is 5.75 Å². The molecule has 2 rings (SSSR count). The van der Waals surface area contributed by atoms with Gasteiger partial charge in [-0.15, -0.1) is 0 Å². The molecule has 5 heteroatoms. The fourth-order valence-electron chi connectivity index (χ4n) is 3.59. The topological polar surface area (TPSA) is 75.6 Å². The molecule has 2 N–H and O–H groups in total. The molecule has 3 atom stereocenters. The highest BCUT2D eigenvalue weighted by Gasteiger charge is 2.48. The average Bonchev–Trinajstić information content (AvgIpc) is 2.53. The Morgan fingerprint density at radius 2 is 1.96 bits per heavy atom. The Bertz CT molecular complexity index is 572. The van der Waals surface area contributed by atoms with E-state index in [9.17, 15) is 14.7 Å². The maximum atomic E-state index is 12.6. The van der Waals surface area contributed by atoms with Crippen LogP contribution in [-0.4, -0.2) is 29.1 Å². The first-order valence-electron chi connectivity index (χ1n) is 8.59. The molecule has 24 heavy (non-hydrogen) atoms. The number of rotatable bonds is 5. The van der Waals surface area contributed by atoms with Crippen LogP contribution in [0.2, 0.25) is 0 Å². The van der Waals surface area contributed by atoms with E-state index < -0.39 is 17.5 Å². The molecule has 1 aliphatic carbocycles. The predicted octanol–water partition coefficient (Wildman–Crippen LogP) is 2.53. The number of hydrogen-bond acceptors (Lipinski definition) is 4. The predicted molar refractivity (Wildman–Crippen MR) is 91.4 cm³/mol. The van der Waals surface area contributed by atoms with Gasteiger partial charge in [-0.05, 0) is 42.7 Å². The van der Waals surface area contributed by atoms with Crippen LogP contribution < -0.4 is 10.1 Å². The van der Waals surface area contributed by atoms with Gasteiger partial charge >= 0.3 is 5.97 Å². The van der Waals surface area contributed by atoms with Crippen LogP contribution in [-0.2, 0) is 9.59 Å². The Hall–Kier alpha value is -1.88. The minimum atomic E-state index is -1.42. The molecule has 1 aromatic carbocycles. The highest BCUT2D eigenvalue weighted by atomic mass is 16.5. The SMILES string of the molecule is CC(C)[C@@H]1CC[C@@H](C)C[C@@]1(O)C(=O)NCC(=O)Oc1ccccc1. The largest absolute Gasteiger partial charge is 0.425 e. The molecule has 0 aliphatic heterocycles. The monoisotopic (exact) mass is 333 g/mol. The summed E-state index contributed by atoms with van der Waals surface area (Å²) in [5, 5.41) is 13.5. The highest BCUT2D eigenvalue weighted by molar-refractivity contribution is 5.88. The molecule has 0 heterocycles. The molecule has 0 aromatic heterocycles. The summed E-state index contributed by atoms with van der Waals surface area (Å²) in [4.78, 5) is 24.4. The average molecular weight is 333 g/mol. The Balaban J connectivity index is 1.95. The van der Waals surface area contributed by atoms with Crippen LogP contribution in [0.1, 0.15) is 40.0 Å². The molecule has 132 valence electrons. The summed E-state index contributed by atoms with van der Waals surface area (Å²) in [5.41, 5.74) is -1.42. The Labute approximate surface area is 143 Å². The minimum absolute atomic E-state index is 0.0983. The molecule has 0 radical (unpaired) electrons. The quantitative estimate of drug-likeness (QED) is 0.641. The third-order valence-electron chi connectivity index (χ3n) is 4.81. The fourth-order valence-corrected chi connectivity index (χ4v) is 3.59. The molecule has 0 spiro atoms. The second kappa shape index (κ2) is 7.79. The Kier molecular flexibility index (Phi) is 5.99. The number of carbonyl (C=O) groups excluding carboxylic acids is 2. The summed E-state index contributed by atoms with van der Waals surface area (Å²) in [6, 6.07) is 8.70. The van der Waals surface area contributed by atoms with Gasteiger partial charge in [0.1, 0.15) is 17.9 Å². The van der Waals surface area contributed by atoms with Crippen molar-refractivity contribution in [3.8, 4) is 5.75 Å². The normalized spacial score (nSPS) is 26.9. The summed E-state index contributed by atoms with van der Waals surface area (Å²) < 4.78 is 5.15. The first kappa shape index (κ1) is 18.5. The summed E-state index contributed by atoms with van der Waals surface area (Å²) in [6.07, 6.45) is 2.25. The first-order valence-corrected chi connectivity index (χ1v) is 8.59. The van der Waals surface area contributed by atoms with Crippen molar-refractivity contribution in [2.24, 2.45) is 17.8 Å². The maximum absolute atomic E-state index is 12.6. The maximum Gasteiger partial charge on any atom is 0.330 e. The van der Waals surface area contributed by atoms with Crippen LogP contribution in [0.15, 0.2) is 30.3 Å². The van der Waals surface area contributed by atoms with E-state index in [2.05, 4.69) is 5.32 Å². The summed E-state index contributed by atoms with van der Waals surface area (Å²) in [5.74, 6) is -0.210. The zero-order chi connectivity index (χ0) is 17.7. The van der Waals surface area contributed by atoms with Gasteiger partial charge in [0.15, 0.2) is 0 Å². The summed E-state index contributed by atoms with van der Waals surface area (Å²) >= 11 is 0. The van der Waals surface area contributed by atoms with Gasteiger partial charge in [0.05, 0.1) is 0 Å². The molecule has 0 saturated heterocycles. The smallest absolute Gasteiger partial charge is 0.330 e. The zero-order valence-electron chi connectivity index (χ0n) is 14.6. The molecule has 1 amide bonds. The van der Waals surface area contributed by atoms with Gasteiger partial charge in [0, 0.05) is 0 Å². The minimum Gasteiger partial charge on any atom is -0.425 e. The lowest BCUT2D eigenvalue weighted by Crippen LogP contribution is -2.57. The molecule has 1 fully saturated rings. The number of ether oxygens (including phenoxy) is 1. The fraction of sp³-hybridized carbons (Fsp3) is 0.579. The highest BCUT2D eigenvalue weighted by Crippen LogP contribution is 2.41. The van der Waals surface area contributed by atoms with Crippen LogP contribution in [0, 0.1) is 17.8 Å². The molecule has 1 aliphatic rings. The van der Waals surface area contributed by atoms with Gasteiger partial charge in [0.25, 0.3) is 5.91 Å². The third kappa shape index (κ3) is 4.35. The standard InChI is InChI=1S/C19H27NO4/c1-13(2)16-10-9-14(3)11-19(16,23)18(22)20-12-17(21)24-15-7-5-4-6-8-15/h4-8,13-14,16,23H,9-12H2,1-3H3,(H,20,22)/t14-,16+,19+/m1/s1. The van der Waals surface area contributed by atoms with Gasteiger partial charge in [0.2, 0.25) is 0 Å². The lowest BCUT2D eigenvalue weighted by Gasteiger charge is -2.43. The van der Waals surface area contributed by atoms with E-state index >= 15 is 0 Å². The lowest BCUT2D eigenvalue weighted by atomic mass is 9.66. The first-order chi connectivity index (χ1) is 11.3. The Morgan fingerprint density at radius 1 is 1.29 bits per heavy atom. The van der Waals surface area contributed by atoms with Crippen LogP contribution in [0.25, 0.3) is 0 Å². The van der Waals surface area contributed by atoms with Crippen LogP contribution in [0.3, 0.4) is 0 Å². The number of benzene rings is 1. The van der Waals surface area contributed by atoms with Crippen LogP contribution in [0.4, 0.5) is 0 Å². The third-order valence-corrected chi connectivity index (χ3v) is 4.81. The van der Waals surface area contributed by atoms with Crippen molar-refractivity contribution >= 4 is 11.9 Å². The zero-order valence-corrected chi connectivity index (χ0v) is 14.6. The number of nitrogens with one attached hydrogen (secondary N) is 1. The van der Waals surface area contributed by atoms with Crippen molar-refractivity contribution in [1.29, 1.82) is 0 Å². The van der Waals surface area contributed by atoms with Crippen LogP contribution >= 0.6 is 0 Å². The van der Waals surface area contributed by atoms with Crippen molar-refractivity contribution < 1.29 is 19.4 Å². The number of carbonyl (C=O) groups is 2. The lowest BCUT2D eigenvalue weighted by molar-refractivity contribution is -0.157. The molecule has 5 nitrogen and oxygen atoms in total. The van der Waals surface area contributed by atoms with E-state index in [1.807, 2.05) is 26.8 Å². The van der Waals surface area contributed by atoms with E-state index in [1.165, 1.54) is 0 Å². The van der Waals surface area contributed by atoms with E-state index in [4.69, 9.17) is 4.74 Å². The van der Waals surface area contributed by atoms with Crippen molar-refractivity contribution in [1.82, 2.24) is 5.32 Å². The molecule has 0 bridgehead atoms. The molecular weight excluding hydrogens is 306 g/mol. The molecule has 0 unspecified atom stereocenters. The second-order valence-corrected chi connectivity index (χ2v) is 7.13. The van der Waals surface area contributed by atoms with Crippen molar-refractivity contribution in [2.45, 2.75) is 45.6 Å². The molecule has 1 aromatic rings. The molecule has 1 saturated carbocycles. The number of hydrogen-bond donors (Lipinski definition) is 2. The van der Waals surface area contributed by atoms with E-state index in [0.29, 0.717) is 12.2 Å². The number of amides is 1. The summed E-state index contributed by atoms with van der Waals surface area (Å²) in [7, 11) is 0. The van der Waals surface area contributed by atoms with Gasteiger partial charge in [-0.3, -0.25) is 4.79 Å². The Morgan fingerprint density at radius 3 is 2.58 bits per heavy atom. The van der Waals surface area contributed by atoms with Gasteiger partial charge in [-0.1, -0.05) is 45.4 Å². The van der Waals surface area contributed by atoms with Gasteiger partial charge in [-0.2, -0.15) is 0 Å². The number of esters is 1. The van der Waals surface area contributed by atoms with E-state index in [0.717, 1.165) is 12.8 Å². The van der Waals surface area contributed by atoms with E-state index in [1.54, 1.807) is 24.3 Å². The van der Waals surface area contributed by atoms with Crippen molar-refractivity contribution in [3.05, 3.63) is 30.3 Å². The number of aliphatic hydroxyl groups is 1. The van der Waals surface area contributed by atoms with Gasteiger partial charge < -0.3 is 15.2 Å². The van der Waals surface area contributed by atoms with Crippen molar-refractivity contribution in [3.63, 3.8) is 0 Å². The number of para-hydroxylation sites is 1. The summed E-state index contributed by atoms with van der Waals surface area (Å²) in [6.45, 7) is 5.82. The van der Waals surface area contributed by atoms with Gasteiger partial charge in [-0.25, -0.2) is 4.79 Å². The van der Waals surface area contributed by atoms with E-state index in [-0.39, 0.29) is 24.3 Å². The second-order valence-electron chi connectivity index (χ2n) is 7.13.